The molecule has 0 unspecified atom stereocenters. The standard InChI is InChI=1S/C9H14O2/c1-6-3-7(2)9(11)4-8(6)5-10/h9-11H,2-5H2,1H3/t9-/m1/s1. The average Bonchev–Trinajstić information content (AvgIpc) is 1.97. The monoisotopic (exact) mass is 154 g/mol. The van der Waals surface area contributed by atoms with E-state index in [-0.39, 0.29) is 6.61 Å². The van der Waals surface area contributed by atoms with Crippen LogP contribution < -0.4 is 0 Å². The Balaban J connectivity index is 2.79. The van der Waals surface area contributed by atoms with Crippen LogP contribution in [-0.4, -0.2) is 22.9 Å². The zero-order chi connectivity index (χ0) is 8.43. The lowest BCUT2D eigenvalue weighted by atomic mass is 9.88. The third-order valence-corrected chi connectivity index (χ3v) is 2.20. The smallest absolute Gasteiger partial charge is 0.0788 e. The number of aliphatic hydroxyl groups excluding tert-OH is 2. The molecule has 0 spiro atoms. The van der Waals surface area contributed by atoms with Crippen LogP contribution in [0.1, 0.15) is 19.8 Å². The van der Waals surface area contributed by atoms with Crippen LogP contribution in [0.4, 0.5) is 0 Å². The van der Waals surface area contributed by atoms with E-state index in [1.165, 1.54) is 0 Å². The maximum Gasteiger partial charge on any atom is 0.0788 e. The fourth-order valence-electron chi connectivity index (χ4n) is 1.33. The topological polar surface area (TPSA) is 40.5 Å². The van der Waals surface area contributed by atoms with Crippen LogP contribution in [0.2, 0.25) is 0 Å². The second-order valence-corrected chi connectivity index (χ2v) is 3.10. The number of allylic oxidation sites excluding steroid dienone is 1. The minimum absolute atomic E-state index is 0.0656. The summed E-state index contributed by atoms with van der Waals surface area (Å²) in [5.74, 6) is 0. The highest BCUT2D eigenvalue weighted by atomic mass is 16.3. The number of hydrogen-bond donors (Lipinski definition) is 2. The molecule has 2 N–H and O–H groups in total. The molecule has 2 nitrogen and oxygen atoms in total. The van der Waals surface area contributed by atoms with Gasteiger partial charge < -0.3 is 10.2 Å². The van der Waals surface area contributed by atoms with Gasteiger partial charge in [0.15, 0.2) is 0 Å². The molecule has 0 saturated carbocycles. The maximum absolute atomic E-state index is 9.35. The van der Waals surface area contributed by atoms with Gasteiger partial charge in [0.25, 0.3) is 0 Å². The molecule has 0 fully saturated rings. The summed E-state index contributed by atoms with van der Waals surface area (Å²) in [5.41, 5.74) is 2.98. The van der Waals surface area contributed by atoms with Crippen molar-refractivity contribution < 1.29 is 10.2 Å². The average molecular weight is 154 g/mol. The summed E-state index contributed by atoms with van der Waals surface area (Å²) < 4.78 is 0. The van der Waals surface area contributed by atoms with Crippen LogP contribution in [0.5, 0.6) is 0 Å². The Morgan fingerprint density at radius 1 is 1.64 bits per heavy atom. The van der Waals surface area contributed by atoms with E-state index >= 15 is 0 Å². The summed E-state index contributed by atoms with van der Waals surface area (Å²) in [6, 6.07) is 0. The number of hydrogen-bond acceptors (Lipinski definition) is 2. The molecule has 0 saturated heterocycles. The van der Waals surface area contributed by atoms with E-state index in [1.807, 2.05) is 6.92 Å². The van der Waals surface area contributed by atoms with Crippen LogP contribution in [0.3, 0.4) is 0 Å². The van der Waals surface area contributed by atoms with Crippen molar-refractivity contribution >= 4 is 0 Å². The molecule has 0 aromatic rings. The van der Waals surface area contributed by atoms with Crippen LogP contribution in [0.15, 0.2) is 23.3 Å². The van der Waals surface area contributed by atoms with E-state index in [0.717, 1.165) is 23.1 Å². The zero-order valence-corrected chi connectivity index (χ0v) is 6.80. The Kier molecular flexibility index (Phi) is 2.47. The first kappa shape index (κ1) is 8.50. The molecule has 0 aliphatic heterocycles. The quantitative estimate of drug-likeness (QED) is 0.553. The molecular weight excluding hydrogens is 140 g/mol. The van der Waals surface area contributed by atoms with Crippen molar-refractivity contribution in [2.75, 3.05) is 6.61 Å². The summed E-state index contributed by atoms with van der Waals surface area (Å²) >= 11 is 0. The summed E-state index contributed by atoms with van der Waals surface area (Å²) in [6.45, 7) is 5.79. The van der Waals surface area contributed by atoms with E-state index < -0.39 is 6.10 Å². The van der Waals surface area contributed by atoms with Crippen molar-refractivity contribution in [3.8, 4) is 0 Å². The van der Waals surface area contributed by atoms with Gasteiger partial charge in [-0.25, -0.2) is 0 Å². The van der Waals surface area contributed by atoms with Gasteiger partial charge in [0.2, 0.25) is 0 Å². The third-order valence-electron chi connectivity index (χ3n) is 2.20. The molecule has 62 valence electrons. The summed E-state index contributed by atoms with van der Waals surface area (Å²) in [4.78, 5) is 0. The maximum atomic E-state index is 9.35. The third kappa shape index (κ3) is 1.70. The Labute approximate surface area is 66.9 Å². The van der Waals surface area contributed by atoms with Gasteiger partial charge in [-0.3, -0.25) is 0 Å². The largest absolute Gasteiger partial charge is 0.392 e. The molecule has 2 heteroatoms. The van der Waals surface area contributed by atoms with Gasteiger partial charge in [-0.15, -0.1) is 0 Å². The van der Waals surface area contributed by atoms with Crippen LogP contribution in [0.25, 0.3) is 0 Å². The van der Waals surface area contributed by atoms with Crippen LogP contribution in [0, 0.1) is 0 Å². The van der Waals surface area contributed by atoms with E-state index in [1.54, 1.807) is 0 Å². The lowest BCUT2D eigenvalue weighted by Crippen LogP contribution is -2.18. The van der Waals surface area contributed by atoms with Crippen molar-refractivity contribution in [2.24, 2.45) is 0 Å². The first-order valence-electron chi connectivity index (χ1n) is 3.79. The van der Waals surface area contributed by atoms with E-state index in [9.17, 15) is 5.11 Å². The van der Waals surface area contributed by atoms with Gasteiger partial charge in [-0.05, 0) is 24.5 Å². The minimum Gasteiger partial charge on any atom is -0.392 e. The van der Waals surface area contributed by atoms with Crippen molar-refractivity contribution in [1.29, 1.82) is 0 Å². The molecule has 0 amide bonds. The molecular formula is C9H14O2. The van der Waals surface area contributed by atoms with E-state index in [4.69, 9.17) is 5.11 Å². The molecule has 11 heavy (non-hydrogen) atoms. The van der Waals surface area contributed by atoms with Crippen LogP contribution in [-0.2, 0) is 0 Å². The predicted molar refractivity (Wildman–Crippen MR) is 44.2 cm³/mol. The molecule has 0 heterocycles. The van der Waals surface area contributed by atoms with Gasteiger partial charge in [0.05, 0.1) is 12.7 Å². The predicted octanol–water partition coefficient (Wildman–Crippen LogP) is 1.01. The molecule has 1 rings (SSSR count). The van der Waals surface area contributed by atoms with Crippen molar-refractivity contribution in [2.45, 2.75) is 25.9 Å². The number of rotatable bonds is 1. The summed E-state index contributed by atoms with van der Waals surface area (Å²) in [6.07, 6.45) is 0.846. The highest BCUT2D eigenvalue weighted by Crippen LogP contribution is 2.27. The van der Waals surface area contributed by atoms with Gasteiger partial charge >= 0.3 is 0 Å². The molecule has 0 bridgehead atoms. The highest BCUT2D eigenvalue weighted by Gasteiger charge is 2.18. The van der Waals surface area contributed by atoms with Gasteiger partial charge in [-0.2, -0.15) is 0 Å². The Hall–Kier alpha value is -0.600. The van der Waals surface area contributed by atoms with E-state index in [2.05, 4.69) is 6.58 Å². The van der Waals surface area contributed by atoms with Crippen molar-refractivity contribution in [3.05, 3.63) is 23.3 Å². The Morgan fingerprint density at radius 2 is 2.27 bits per heavy atom. The molecule has 1 aliphatic rings. The fourth-order valence-corrected chi connectivity index (χ4v) is 1.33. The second kappa shape index (κ2) is 3.20. The summed E-state index contributed by atoms with van der Waals surface area (Å²) in [7, 11) is 0. The second-order valence-electron chi connectivity index (χ2n) is 3.10. The molecule has 1 atom stereocenters. The Morgan fingerprint density at radius 3 is 2.82 bits per heavy atom. The summed E-state index contributed by atoms with van der Waals surface area (Å²) in [5, 5.41) is 18.2. The SMILES string of the molecule is C=C1CC(C)=C(CO)C[C@H]1O. The van der Waals surface area contributed by atoms with Gasteiger partial charge in [0, 0.05) is 6.42 Å². The molecule has 0 radical (unpaired) electrons. The number of aliphatic hydroxyl groups is 2. The fraction of sp³-hybridized carbons (Fsp3) is 0.556. The minimum atomic E-state index is -0.444. The molecule has 0 aromatic carbocycles. The first-order chi connectivity index (χ1) is 5.15. The van der Waals surface area contributed by atoms with Gasteiger partial charge in [-0.1, -0.05) is 12.2 Å². The van der Waals surface area contributed by atoms with Crippen LogP contribution >= 0.6 is 0 Å². The van der Waals surface area contributed by atoms with Crippen molar-refractivity contribution in [1.82, 2.24) is 0 Å². The van der Waals surface area contributed by atoms with Gasteiger partial charge in [0.1, 0.15) is 0 Å². The lowest BCUT2D eigenvalue weighted by Gasteiger charge is -2.23. The Bertz CT molecular complexity index is 204. The van der Waals surface area contributed by atoms with E-state index in [0.29, 0.717) is 6.42 Å². The molecule has 0 aromatic heterocycles. The highest BCUT2D eigenvalue weighted by molar-refractivity contribution is 5.27. The lowest BCUT2D eigenvalue weighted by molar-refractivity contribution is 0.195. The zero-order valence-electron chi connectivity index (χ0n) is 6.80. The van der Waals surface area contributed by atoms with Crippen molar-refractivity contribution in [3.63, 3.8) is 0 Å². The molecule has 1 aliphatic carbocycles. The normalized spacial score (nSPS) is 26.1. The first-order valence-corrected chi connectivity index (χ1v) is 3.79.